The highest BCUT2D eigenvalue weighted by molar-refractivity contribution is 5.61. The summed E-state index contributed by atoms with van der Waals surface area (Å²) in [6, 6.07) is -1.62. The minimum Gasteiger partial charge on any atom is -0.530 e. The average molecular weight is 180 g/mol. The highest BCUT2D eigenvalue weighted by Crippen LogP contribution is 2.02. The minimum atomic E-state index is -2.86. The van der Waals surface area contributed by atoms with E-state index in [1.165, 1.54) is 0 Å². The zero-order valence-electron chi connectivity index (χ0n) is 5.83. The van der Waals surface area contributed by atoms with Crippen LogP contribution in [0.3, 0.4) is 0 Å². The fraction of sp³-hybridized carbons (Fsp3) is 0.750. The van der Waals surface area contributed by atoms with Gasteiger partial charge in [0.15, 0.2) is 0 Å². The van der Waals surface area contributed by atoms with Crippen molar-refractivity contribution in [2.45, 2.75) is 12.5 Å². The van der Waals surface area contributed by atoms with Gasteiger partial charge in [0, 0.05) is 0 Å². The molecule has 1 unspecified atom stereocenters. The van der Waals surface area contributed by atoms with Crippen LogP contribution in [0.1, 0.15) is 0 Å². The van der Waals surface area contributed by atoms with Gasteiger partial charge in [-0.2, -0.15) is 0 Å². The Morgan fingerprint density at radius 2 is 2.33 bits per heavy atom. The SMILES string of the molecule is N=[N+]=NC(CNC(=O)[O-])C(F)F. The first-order valence-corrected chi connectivity index (χ1v) is 2.87. The van der Waals surface area contributed by atoms with E-state index >= 15 is 0 Å². The number of nitrogens with zero attached hydrogens (tertiary/aromatic N) is 2. The van der Waals surface area contributed by atoms with Gasteiger partial charge in [0.2, 0.25) is 11.0 Å². The van der Waals surface area contributed by atoms with Gasteiger partial charge in [-0.05, 0) is 0 Å². The third-order valence-corrected chi connectivity index (χ3v) is 0.952. The Hall–Kier alpha value is -1.56. The second kappa shape index (κ2) is 5.14. The molecule has 0 rings (SSSR count). The molecule has 0 aromatic rings. The summed E-state index contributed by atoms with van der Waals surface area (Å²) in [7, 11) is 0. The van der Waals surface area contributed by atoms with Gasteiger partial charge in [0.25, 0.3) is 6.43 Å². The molecule has 0 aromatic heterocycles. The summed E-state index contributed by atoms with van der Waals surface area (Å²) >= 11 is 0. The summed E-state index contributed by atoms with van der Waals surface area (Å²) in [5.74, 6) is 0. The largest absolute Gasteiger partial charge is 0.530 e. The lowest BCUT2D eigenvalue weighted by molar-refractivity contribution is -0.250. The number of rotatable bonds is 4. The molecule has 2 N–H and O–H groups in total. The first kappa shape index (κ1) is 10.4. The molecule has 0 aliphatic carbocycles. The molecule has 0 aromatic carbocycles. The molecule has 12 heavy (non-hydrogen) atoms. The minimum absolute atomic E-state index is 0.609. The highest BCUT2D eigenvalue weighted by Gasteiger charge is 2.24. The lowest BCUT2D eigenvalue weighted by Crippen LogP contribution is -2.42. The predicted molar refractivity (Wildman–Crippen MR) is 30.5 cm³/mol. The van der Waals surface area contributed by atoms with Crippen molar-refractivity contribution in [1.29, 1.82) is 5.53 Å². The standard InChI is InChI=1S/C4H6F2N4O2/c5-3(6)2(9-10-7)1-8-4(11)12/h2-3,7-8H,1H2. The number of carboxylic acid groups (broad SMARTS) is 1. The van der Waals surface area contributed by atoms with E-state index in [0.717, 1.165) is 0 Å². The van der Waals surface area contributed by atoms with Crippen LogP contribution in [0.5, 0.6) is 0 Å². The van der Waals surface area contributed by atoms with Crippen molar-refractivity contribution in [2.75, 3.05) is 6.54 Å². The third-order valence-electron chi connectivity index (χ3n) is 0.952. The van der Waals surface area contributed by atoms with Crippen LogP contribution in [-0.4, -0.2) is 25.1 Å². The molecule has 0 radical (unpaired) electrons. The summed E-state index contributed by atoms with van der Waals surface area (Å²) in [5.41, 5.74) is 6.15. The number of carbonyl (C=O) groups excluding carboxylic acids is 1. The van der Waals surface area contributed by atoms with Crippen LogP contribution in [0.25, 0.3) is 0 Å². The van der Waals surface area contributed by atoms with Crippen LogP contribution in [0.2, 0.25) is 0 Å². The van der Waals surface area contributed by atoms with Crippen LogP contribution >= 0.6 is 0 Å². The summed E-state index contributed by atoms with van der Waals surface area (Å²) in [4.78, 5) is 12.1. The van der Waals surface area contributed by atoms with Gasteiger partial charge in [-0.15, -0.1) is 0 Å². The van der Waals surface area contributed by atoms with Gasteiger partial charge >= 0.3 is 0 Å². The number of hydrogen-bond donors (Lipinski definition) is 2. The molecule has 1 atom stereocenters. The molecule has 6 nitrogen and oxygen atoms in total. The van der Waals surface area contributed by atoms with Gasteiger partial charge in [0.05, 0.1) is 6.54 Å². The van der Waals surface area contributed by atoms with Gasteiger partial charge < -0.3 is 15.2 Å². The molecule has 0 fully saturated rings. The number of alkyl halides is 2. The molecular weight excluding hydrogens is 174 g/mol. The van der Waals surface area contributed by atoms with Crippen molar-refractivity contribution in [1.82, 2.24) is 10.2 Å². The molecule has 8 heteroatoms. The van der Waals surface area contributed by atoms with Crippen LogP contribution in [0.4, 0.5) is 13.6 Å². The molecule has 0 spiro atoms. The molecule has 0 aliphatic heterocycles. The molecule has 0 heterocycles. The monoisotopic (exact) mass is 180 g/mol. The maximum atomic E-state index is 11.8. The number of carbonyl (C=O) groups is 1. The van der Waals surface area contributed by atoms with Gasteiger partial charge in [-0.1, -0.05) is 0 Å². The Labute approximate surface area is 65.8 Å². The maximum Gasteiger partial charge on any atom is 0.269 e. The van der Waals surface area contributed by atoms with Crippen molar-refractivity contribution >= 4 is 6.09 Å². The lowest BCUT2D eigenvalue weighted by atomic mass is 10.3. The molecular formula is C4H6F2N4O2. The van der Waals surface area contributed by atoms with E-state index in [1.807, 2.05) is 0 Å². The number of halogens is 2. The lowest BCUT2D eigenvalue weighted by Gasteiger charge is -2.07. The third kappa shape index (κ3) is 4.29. The smallest absolute Gasteiger partial charge is 0.269 e. The topological polar surface area (TPSA) is 102 Å². The van der Waals surface area contributed by atoms with E-state index in [2.05, 4.69) is 10.0 Å². The molecule has 0 bridgehead atoms. The van der Waals surface area contributed by atoms with E-state index < -0.39 is 25.1 Å². The molecule has 68 valence electrons. The normalized spacial score (nSPS) is 11.9. The summed E-state index contributed by atoms with van der Waals surface area (Å²) in [6.07, 6.45) is -4.52. The quantitative estimate of drug-likeness (QED) is 0.432. The van der Waals surface area contributed by atoms with Crippen molar-refractivity contribution in [3.8, 4) is 0 Å². The van der Waals surface area contributed by atoms with Gasteiger partial charge in [-0.25, -0.2) is 8.78 Å². The van der Waals surface area contributed by atoms with E-state index in [0.29, 0.717) is 0 Å². The van der Waals surface area contributed by atoms with E-state index in [1.54, 1.807) is 5.32 Å². The van der Waals surface area contributed by atoms with Gasteiger partial charge in [-0.3, -0.25) is 0 Å². The Morgan fingerprint density at radius 1 is 1.75 bits per heavy atom. The summed E-state index contributed by atoms with van der Waals surface area (Å²) < 4.78 is 23.7. The van der Waals surface area contributed by atoms with Crippen LogP contribution in [-0.2, 0) is 0 Å². The Balaban J connectivity index is 3.96. The zero-order valence-corrected chi connectivity index (χ0v) is 5.83. The molecule has 0 saturated carbocycles. The highest BCUT2D eigenvalue weighted by atomic mass is 19.3. The van der Waals surface area contributed by atoms with Gasteiger partial charge in [0.1, 0.15) is 16.7 Å². The first-order valence-electron chi connectivity index (χ1n) is 2.87. The van der Waals surface area contributed by atoms with Crippen LogP contribution < -0.4 is 15.3 Å². The number of hydrogen-bond acceptors (Lipinski definition) is 4. The second-order valence-electron chi connectivity index (χ2n) is 1.79. The number of nitrogens with one attached hydrogen (secondary N) is 2. The van der Waals surface area contributed by atoms with E-state index in [-0.39, 0.29) is 0 Å². The number of amides is 1. The average Bonchev–Trinajstić information content (AvgIpc) is 1.96. The zero-order chi connectivity index (χ0) is 9.56. The molecule has 0 aliphatic rings. The fourth-order valence-corrected chi connectivity index (χ4v) is 0.442. The van der Waals surface area contributed by atoms with Crippen molar-refractivity contribution in [3.05, 3.63) is 0 Å². The van der Waals surface area contributed by atoms with Crippen molar-refractivity contribution < 1.29 is 18.7 Å². The maximum absolute atomic E-state index is 11.8. The van der Waals surface area contributed by atoms with Crippen molar-refractivity contribution in [3.63, 3.8) is 0 Å². The van der Waals surface area contributed by atoms with Crippen LogP contribution in [0, 0.1) is 5.53 Å². The van der Waals surface area contributed by atoms with E-state index in [9.17, 15) is 18.7 Å². The molecule has 0 saturated heterocycles. The van der Waals surface area contributed by atoms with Crippen LogP contribution in [0.15, 0.2) is 5.11 Å². The Bertz CT molecular complexity index is 203. The van der Waals surface area contributed by atoms with Crippen molar-refractivity contribution in [2.24, 2.45) is 5.11 Å². The predicted octanol–water partition coefficient (Wildman–Crippen LogP) is -0.897. The first-order chi connectivity index (χ1) is 5.57. The Kier molecular flexibility index (Phi) is 4.47. The summed E-state index contributed by atoms with van der Waals surface area (Å²) in [6.45, 7) is -0.609. The molecule has 1 amide bonds. The fourth-order valence-electron chi connectivity index (χ4n) is 0.442. The summed E-state index contributed by atoms with van der Waals surface area (Å²) in [5, 5.41) is 14.1. The Morgan fingerprint density at radius 3 is 2.67 bits per heavy atom. The van der Waals surface area contributed by atoms with E-state index in [4.69, 9.17) is 5.53 Å². The second-order valence-corrected chi connectivity index (χ2v) is 1.79.